The second-order valence-electron chi connectivity index (χ2n) is 2.10. The molecule has 0 saturated carbocycles. The topological polar surface area (TPSA) is 0 Å². The van der Waals surface area contributed by atoms with Crippen molar-refractivity contribution in [1.82, 2.24) is 0 Å². The van der Waals surface area contributed by atoms with Gasteiger partial charge in [0.1, 0.15) is 0 Å². The molecule has 2 heteroatoms. The standard InChI is InChI=1S/C8H9ClTe/c1-10(2,9)8-6-4-3-5-7-8/h3-7H,1-2H2/i10-3. The van der Waals surface area contributed by atoms with E-state index in [-0.39, 0.29) is 0 Å². The molecule has 0 N–H and O–H groups in total. The van der Waals surface area contributed by atoms with E-state index in [0.717, 1.165) is 3.61 Å². The maximum absolute atomic E-state index is 6.03. The zero-order chi connectivity index (χ0) is 7.61. The second-order valence-corrected chi connectivity index (χ2v) is 11.9. The van der Waals surface area contributed by atoms with Gasteiger partial charge in [0.2, 0.25) is 0 Å². The van der Waals surface area contributed by atoms with Gasteiger partial charge in [-0.2, -0.15) is 0 Å². The molecule has 0 aliphatic rings. The van der Waals surface area contributed by atoms with Crippen molar-refractivity contribution in [2.24, 2.45) is 0 Å². The molecule has 1 aromatic carbocycles. The van der Waals surface area contributed by atoms with Crippen LogP contribution < -0.4 is 3.61 Å². The van der Waals surface area contributed by atoms with Crippen molar-refractivity contribution in [1.29, 1.82) is 0 Å². The van der Waals surface area contributed by atoms with Crippen molar-refractivity contribution < 1.29 is 0 Å². The Morgan fingerprint density at radius 3 is 1.90 bits per heavy atom. The molecule has 54 valence electrons. The van der Waals surface area contributed by atoms with E-state index in [4.69, 9.17) is 8.96 Å². The average molecular weight is 266 g/mol. The summed E-state index contributed by atoms with van der Waals surface area (Å²) in [5, 5.41) is 0. The van der Waals surface area contributed by atoms with Crippen LogP contribution in [0.3, 0.4) is 0 Å². The summed E-state index contributed by atoms with van der Waals surface area (Å²) in [6.07, 6.45) is 0. The Morgan fingerprint density at radius 2 is 1.60 bits per heavy atom. The zero-order valence-corrected chi connectivity index (χ0v) is 8.67. The van der Waals surface area contributed by atoms with Crippen LogP contribution in [-0.4, -0.2) is 25.2 Å². The summed E-state index contributed by atoms with van der Waals surface area (Å²) in [6.45, 7) is 0. The van der Waals surface area contributed by atoms with Gasteiger partial charge >= 0.3 is 68.1 Å². The van der Waals surface area contributed by atoms with Gasteiger partial charge in [-0.1, -0.05) is 0 Å². The van der Waals surface area contributed by atoms with Crippen LogP contribution in [-0.2, 0) is 0 Å². The first kappa shape index (κ1) is 8.14. The quantitative estimate of drug-likeness (QED) is 0.667. The third-order valence-corrected chi connectivity index (χ3v) is 5.55. The van der Waals surface area contributed by atoms with Crippen LogP contribution >= 0.6 is 8.96 Å². The molecule has 0 unspecified atom stereocenters. The van der Waals surface area contributed by atoms with Crippen LogP contribution in [0.5, 0.6) is 0 Å². The summed E-state index contributed by atoms with van der Waals surface area (Å²) in [6, 6.07) is 9.89. The number of hydrogen-bond donors (Lipinski definition) is 0. The normalized spacial score (nSPS) is 11.3. The van der Waals surface area contributed by atoms with Gasteiger partial charge in [0, 0.05) is 0 Å². The molecule has 1 rings (SSSR count). The average Bonchev–Trinajstić information content (AvgIpc) is 1.88. The van der Waals surface area contributed by atoms with Gasteiger partial charge in [-0.15, -0.1) is 0 Å². The van der Waals surface area contributed by atoms with Gasteiger partial charge in [0.25, 0.3) is 0 Å². The first-order valence-corrected chi connectivity index (χ1v) is 10.3. The molecule has 0 aliphatic heterocycles. The third kappa shape index (κ3) is 2.02. The zero-order valence-electron chi connectivity index (χ0n) is 5.59. The van der Waals surface area contributed by atoms with Crippen molar-refractivity contribution in [3.05, 3.63) is 30.3 Å². The Bertz CT molecular complexity index is 297. The molecule has 0 nitrogen and oxygen atoms in total. The second kappa shape index (κ2) is 2.96. The Hall–Kier alpha value is 0.0396. The molecule has 0 aliphatic carbocycles. The summed E-state index contributed by atoms with van der Waals surface area (Å²) in [4.78, 5) is 0. The molecule has 0 bridgehead atoms. The first-order chi connectivity index (χ1) is 4.61. The van der Waals surface area contributed by atoms with Crippen molar-refractivity contribution >= 4 is 37.8 Å². The third-order valence-electron chi connectivity index (χ3n) is 1.17. The van der Waals surface area contributed by atoms with E-state index < -0.39 is 16.1 Å². The molecule has 0 saturated heterocycles. The van der Waals surface area contributed by atoms with E-state index >= 15 is 0 Å². The molecule has 0 spiro atoms. The van der Waals surface area contributed by atoms with E-state index in [1.165, 1.54) is 0 Å². The molecule has 0 heterocycles. The molecule has 10 heavy (non-hydrogen) atoms. The molecular formula is C8H9ClTe. The predicted octanol–water partition coefficient (Wildman–Crippen LogP) is 1.11. The summed E-state index contributed by atoms with van der Waals surface area (Å²) in [5.74, 6) is 0. The van der Waals surface area contributed by atoms with Gasteiger partial charge in [-0.05, 0) is 0 Å². The monoisotopic (exact) mass is 265 g/mol. The molecule has 0 amide bonds. The molecule has 1 aromatic rings. The molecule has 0 atom stereocenters. The summed E-state index contributed by atoms with van der Waals surface area (Å²) in [7, 11) is 6.03. The van der Waals surface area contributed by atoms with Crippen molar-refractivity contribution in [3.63, 3.8) is 0 Å². The fraction of sp³-hybridized carbons (Fsp3) is 0. The fourth-order valence-corrected chi connectivity index (χ4v) is 3.20. The minimum absolute atomic E-state index is 1.13. The number of halogens is 1. The van der Waals surface area contributed by atoms with Gasteiger partial charge < -0.3 is 0 Å². The van der Waals surface area contributed by atoms with Crippen LogP contribution in [0.2, 0.25) is 0 Å². The Balaban J connectivity index is 3.22. The van der Waals surface area contributed by atoms with Gasteiger partial charge in [0.15, 0.2) is 0 Å². The Labute approximate surface area is 68.0 Å². The Morgan fingerprint density at radius 1 is 1.10 bits per heavy atom. The molecular weight excluding hydrogens is 256 g/mol. The van der Waals surface area contributed by atoms with Crippen LogP contribution in [0, 0.1) is 0 Å². The summed E-state index contributed by atoms with van der Waals surface area (Å²) in [5.41, 5.74) is 0. The van der Waals surface area contributed by atoms with Gasteiger partial charge in [0.05, 0.1) is 0 Å². The first-order valence-electron chi connectivity index (χ1n) is 2.85. The van der Waals surface area contributed by atoms with E-state index in [0.29, 0.717) is 0 Å². The van der Waals surface area contributed by atoms with Crippen molar-refractivity contribution in [2.45, 2.75) is 0 Å². The molecule has 0 radical (unpaired) electrons. The van der Waals surface area contributed by atoms with E-state index in [9.17, 15) is 0 Å². The van der Waals surface area contributed by atoms with Crippen molar-refractivity contribution in [3.8, 4) is 0 Å². The predicted molar refractivity (Wildman–Crippen MR) is 51.9 cm³/mol. The van der Waals surface area contributed by atoms with E-state index in [2.05, 4.69) is 9.11 Å². The van der Waals surface area contributed by atoms with E-state index in [1.54, 1.807) is 0 Å². The Kier molecular flexibility index (Phi) is 2.41. The van der Waals surface area contributed by atoms with Gasteiger partial charge in [-0.25, -0.2) is 0 Å². The molecule has 0 fully saturated rings. The van der Waals surface area contributed by atoms with Crippen molar-refractivity contribution in [2.75, 3.05) is 0 Å². The number of rotatable bonds is 1. The minimum atomic E-state index is -2.55. The van der Waals surface area contributed by atoms with Crippen LogP contribution in [0.25, 0.3) is 0 Å². The maximum atomic E-state index is 6.03. The number of hydrogen-bond acceptors (Lipinski definition) is 0. The molecule has 0 aromatic heterocycles. The van der Waals surface area contributed by atoms with Crippen LogP contribution in [0.4, 0.5) is 0 Å². The fourth-order valence-electron chi connectivity index (χ4n) is 0.664. The van der Waals surface area contributed by atoms with Crippen LogP contribution in [0.15, 0.2) is 30.3 Å². The summed E-state index contributed by atoms with van der Waals surface area (Å²) >= 11 is -2.55. The van der Waals surface area contributed by atoms with E-state index in [1.807, 2.05) is 30.3 Å². The van der Waals surface area contributed by atoms with Gasteiger partial charge in [-0.3, -0.25) is 0 Å². The SMILES string of the molecule is C=[125Te](=C)(Cl)c1ccccc1. The van der Waals surface area contributed by atoms with Crippen LogP contribution in [0.1, 0.15) is 0 Å². The summed E-state index contributed by atoms with van der Waals surface area (Å²) < 4.78 is 8.90. The number of benzene rings is 1.